The van der Waals surface area contributed by atoms with E-state index >= 15 is 0 Å². The molecule has 0 bridgehead atoms. The van der Waals surface area contributed by atoms with Crippen LogP contribution in [0.3, 0.4) is 0 Å². The normalized spacial score (nSPS) is 27.5. The van der Waals surface area contributed by atoms with Gasteiger partial charge in [0.05, 0.1) is 12.7 Å². The largest absolute Gasteiger partial charge is 0.394 e. The fourth-order valence-electron chi connectivity index (χ4n) is 1.54. The van der Waals surface area contributed by atoms with Crippen molar-refractivity contribution in [3.05, 3.63) is 0 Å². The maximum absolute atomic E-state index is 8.69. The van der Waals surface area contributed by atoms with Crippen LogP contribution in [-0.4, -0.2) is 23.9 Å². The molecule has 0 aromatic heterocycles. The van der Waals surface area contributed by atoms with Gasteiger partial charge in [-0.15, -0.1) is 0 Å². The predicted molar refractivity (Wildman–Crippen MR) is 49.1 cm³/mol. The Kier molecular flexibility index (Phi) is 4.62. The third-order valence-electron chi connectivity index (χ3n) is 2.46. The van der Waals surface area contributed by atoms with E-state index in [0.29, 0.717) is 6.10 Å². The van der Waals surface area contributed by atoms with Crippen molar-refractivity contribution in [1.29, 1.82) is 0 Å². The van der Waals surface area contributed by atoms with E-state index < -0.39 is 0 Å². The molecular formula is C10H20O2. The van der Waals surface area contributed by atoms with Crippen molar-refractivity contribution < 1.29 is 9.84 Å². The van der Waals surface area contributed by atoms with Crippen LogP contribution in [0.2, 0.25) is 0 Å². The molecule has 12 heavy (non-hydrogen) atoms. The Labute approximate surface area is 74.9 Å². The fraction of sp³-hybridized carbons (Fsp3) is 1.00. The summed E-state index contributed by atoms with van der Waals surface area (Å²) in [6, 6.07) is 0. The van der Waals surface area contributed by atoms with Gasteiger partial charge in [-0.25, -0.2) is 0 Å². The van der Waals surface area contributed by atoms with Gasteiger partial charge in [-0.05, 0) is 6.42 Å². The topological polar surface area (TPSA) is 32.8 Å². The Morgan fingerprint density at radius 1 is 1.08 bits per heavy atom. The number of hydrogen-bond acceptors (Lipinski definition) is 2. The monoisotopic (exact) mass is 172 g/mol. The molecular weight excluding hydrogens is 152 g/mol. The van der Waals surface area contributed by atoms with Crippen LogP contribution in [0.5, 0.6) is 0 Å². The molecule has 1 N–H and O–H groups in total. The highest BCUT2D eigenvalue weighted by molar-refractivity contribution is 4.83. The van der Waals surface area contributed by atoms with E-state index in [2.05, 4.69) is 6.92 Å². The summed E-state index contributed by atoms with van der Waals surface area (Å²) in [5.41, 5.74) is 0. The van der Waals surface area contributed by atoms with Crippen molar-refractivity contribution in [3.63, 3.8) is 0 Å². The van der Waals surface area contributed by atoms with E-state index in [9.17, 15) is 0 Å². The lowest BCUT2D eigenvalue weighted by Gasteiger charge is -1.96. The second kappa shape index (κ2) is 5.55. The Morgan fingerprint density at radius 3 is 2.42 bits per heavy atom. The van der Waals surface area contributed by atoms with Crippen LogP contribution in [0.1, 0.15) is 45.4 Å². The molecule has 2 atom stereocenters. The quantitative estimate of drug-likeness (QED) is 0.471. The van der Waals surface area contributed by atoms with Crippen molar-refractivity contribution in [1.82, 2.24) is 0 Å². The molecule has 2 heteroatoms. The lowest BCUT2D eigenvalue weighted by Crippen LogP contribution is -1.98. The van der Waals surface area contributed by atoms with Gasteiger partial charge in [0.25, 0.3) is 0 Å². The molecule has 0 unspecified atom stereocenters. The molecule has 0 saturated carbocycles. The predicted octanol–water partition coefficient (Wildman–Crippen LogP) is 2.11. The minimum absolute atomic E-state index is 0.177. The van der Waals surface area contributed by atoms with Crippen LogP contribution >= 0.6 is 0 Å². The highest BCUT2D eigenvalue weighted by atomic mass is 16.6. The maximum Gasteiger partial charge on any atom is 0.107 e. The minimum atomic E-state index is 0.177. The van der Waals surface area contributed by atoms with E-state index in [1.165, 1.54) is 32.1 Å². The molecule has 1 heterocycles. The average molecular weight is 172 g/mol. The SMILES string of the molecule is CCCCCCC[C@@H]1O[C@@H]1CO. The first-order chi connectivity index (χ1) is 5.88. The minimum Gasteiger partial charge on any atom is -0.394 e. The van der Waals surface area contributed by atoms with E-state index in [0.717, 1.165) is 6.42 Å². The first-order valence-electron chi connectivity index (χ1n) is 5.14. The first kappa shape index (κ1) is 10.0. The molecule has 0 aliphatic carbocycles. The van der Waals surface area contributed by atoms with Crippen molar-refractivity contribution in [2.45, 2.75) is 57.7 Å². The number of epoxide rings is 1. The first-order valence-corrected chi connectivity index (χ1v) is 5.14. The Bertz CT molecular complexity index is 114. The summed E-state index contributed by atoms with van der Waals surface area (Å²) in [6.45, 7) is 2.44. The molecule has 0 spiro atoms. The van der Waals surface area contributed by atoms with Gasteiger partial charge in [-0.3, -0.25) is 0 Å². The van der Waals surface area contributed by atoms with Crippen LogP contribution < -0.4 is 0 Å². The van der Waals surface area contributed by atoms with Crippen molar-refractivity contribution in [3.8, 4) is 0 Å². The summed E-state index contributed by atoms with van der Waals surface area (Å²) in [5.74, 6) is 0. The number of rotatable bonds is 7. The van der Waals surface area contributed by atoms with Gasteiger partial charge in [0.2, 0.25) is 0 Å². The van der Waals surface area contributed by atoms with Gasteiger partial charge in [0.1, 0.15) is 6.10 Å². The van der Waals surface area contributed by atoms with Crippen molar-refractivity contribution in [2.24, 2.45) is 0 Å². The lowest BCUT2D eigenvalue weighted by atomic mass is 10.1. The third-order valence-corrected chi connectivity index (χ3v) is 2.46. The zero-order chi connectivity index (χ0) is 8.81. The maximum atomic E-state index is 8.69. The van der Waals surface area contributed by atoms with Crippen molar-refractivity contribution in [2.75, 3.05) is 6.61 Å². The second-order valence-electron chi connectivity index (χ2n) is 3.60. The van der Waals surface area contributed by atoms with Gasteiger partial charge in [0, 0.05) is 0 Å². The van der Waals surface area contributed by atoms with Crippen LogP contribution in [-0.2, 0) is 4.74 Å². The van der Waals surface area contributed by atoms with Crippen LogP contribution in [0.4, 0.5) is 0 Å². The highest BCUT2D eigenvalue weighted by Crippen LogP contribution is 2.26. The average Bonchev–Trinajstić information content (AvgIpc) is 2.83. The lowest BCUT2D eigenvalue weighted by molar-refractivity contribution is 0.241. The number of aliphatic hydroxyl groups is 1. The highest BCUT2D eigenvalue weighted by Gasteiger charge is 2.36. The fourth-order valence-corrected chi connectivity index (χ4v) is 1.54. The molecule has 0 amide bonds. The van der Waals surface area contributed by atoms with Crippen molar-refractivity contribution >= 4 is 0 Å². The summed E-state index contributed by atoms with van der Waals surface area (Å²) < 4.78 is 5.22. The molecule has 1 rings (SSSR count). The van der Waals surface area contributed by atoms with E-state index in [4.69, 9.17) is 9.84 Å². The molecule has 72 valence electrons. The number of unbranched alkanes of at least 4 members (excludes halogenated alkanes) is 4. The number of hydrogen-bond donors (Lipinski definition) is 1. The summed E-state index contributed by atoms with van der Waals surface area (Å²) in [7, 11) is 0. The summed E-state index contributed by atoms with van der Waals surface area (Å²) >= 11 is 0. The molecule has 1 aliphatic rings. The zero-order valence-corrected chi connectivity index (χ0v) is 7.96. The Hall–Kier alpha value is -0.0800. The Morgan fingerprint density at radius 2 is 1.83 bits per heavy atom. The van der Waals surface area contributed by atoms with Crippen LogP contribution in [0, 0.1) is 0 Å². The van der Waals surface area contributed by atoms with E-state index in [1.807, 2.05) is 0 Å². The van der Waals surface area contributed by atoms with Gasteiger partial charge in [-0.2, -0.15) is 0 Å². The van der Waals surface area contributed by atoms with E-state index in [-0.39, 0.29) is 12.7 Å². The second-order valence-corrected chi connectivity index (χ2v) is 3.60. The smallest absolute Gasteiger partial charge is 0.107 e. The van der Waals surface area contributed by atoms with Gasteiger partial charge >= 0.3 is 0 Å². The molecule has 1 saturated heterocycles. The molecule has 0 radical (unpaired) electrons. The number of aliphatic hydroxyl groups excluding tert-OH is 1. The molecule has 0 aromatic rings. The summed E-state index contributed by atoms with van der Waals surface area (Å²) in [4.78, 5) is 0. The third kappa shape index (κ3) is 3.55. The van der Waals surface area contributed by atoms with Crippen LogP contribution in [0.25, 0.3) is 0 Å². The zero-order valence-electron chi connectivity index (χ0n) is 7.96. The standard InChI is InChI=1S/C10H20O2/c1-2-3-4-5-6-7-9-10(8-11)12-9/h9-11H,2-8H2,1H3/t9-,10+/m0/s1. The van der Waals surface area contributed by atoms with E-state index in [1.54, 1.807) is 0 Å². The Balaban J connectivity index is 1.78. The number of ether oxygens (including phenoxy) is 1. The molecule has 1 aliphatic heterocycles. The molecule has 2 nitrogen and oxygen atoms in total. The van der Waals surface area contributed by atoms with Gasteiger partial charge in [-0.1, -0.05) is 39.0 Å². The van der Waals surface area contributed by atoms with Gasteiger partial charge in [0.15, 0.2) is 0 Å². The summed E-state index contributed by atoms with van der Waals surface area (Å²) in [5, 5.41) is 8.69. The van der Waals surface area contributed by atoms with Gasteiger partial charge < -0.3 is 9.84 Å². The van der Waals surface area contributed by atoms with Crippen LogP contribution in [0.15, 0.2) is 0 Å². The summed E-state index contributed by atoms with van der Waals surface area (Å²) in [6.07, 6.45) is 8.32. The molecule has 1 fully saturated rings. The molecule has 0 aromatic carbocycles.